The van der Waals surface area contributed by atoms with Crippen LogP contribution in [0.5, 0.6) is 5.75 Å². The Morgan fingerprint density at radius 1 is 1.07 bits per heavy atom. The van der Waals surface area contributed by atoms with Gasteiger partial charge in [0.15, 0.2) is 11.5 Å². The third kappa shape index (κ3) is 3.34. The zero-order valence-corrected chi connectivity index (χ0v) is 17.1. The van der Waals surface area contributed by atoms with Crippen molar-refractivity contribution in [2.75, 3.05) is 13.2 Å². The molecule has 0 unspecified atom stereocenters. The van der Waals surface area contributed by atoms with Gasteiger partial charge in [0, 0.05) is 36.3 Å². The molecule has 0 saturated heterocycles. The van der Waals surface area contributed by atoms with Gasteiger partial charge in [0.1, 0.15) is 23.6 Å². The summed E-state index contributed by atoms with van der Waals surface area (Å²) in [6.45, 7) is 10.0. The Morgan fingerprint density at radius 3 is 2.55 bits per heavy atom. The SMILES string of the molecule is CC(C)N(CCOc1ccc2c3c(oc2c1)C(=O)c1ncccc1C3=O)C(C)C. The van der Waals surface area contributed by atoms with Crippen LogP contribution in [0.25, 0.3) is 11.0 Å². The van der Waals surface area contributed by atoms with Crippen LogP contribution in [0.1, 0.15) is 59.9 Å². The van der Waals surface area contributed by atoms with Crippen LogP contribution < -0.4 is 4.74 Å². The number of pyridine rings is 1. The first-order valence-corrected chi connectivity index (χ1v) is 9.88. The van der Waals surface area contributed by atoms with Crippen LogP contribution in [0.15, 0.2) is 40.9 Å². The Morgan fingerprint density at radius 2 is 1.83 bits per heavy atom. The number of benzene rings is 1. The predicted molar refractivity (Wildman–Crippen MR) is 110 cm³/mol. The Balaban J connectivity index is 1.60. The van der Waals surface area contributed by atoms with Crippen molar-refractivity contribution < 1.29 is 18.7 Å². The molecule has 2 aromatic heterocycles. The van der Waals surface area contributed by atoms with Crippen molar-refractivity contribution in [3.8, 4) is 5.75 Å². The molecular weight excluding hydrogens is 368 g/mol. The number of fused-ring (bicyclic) bond motifs is 4. The normalized spacial score (nSPS) is 13.5. The summed E-state index contributed by atoms with van der Waals surface area (Å²) >= 11 is 0. The molecule has 0 atom stereocenters. The van der Waals surface area contributed by atoms with E-state index in [4.69, 9.17) is 9.15 Å². The van der Waals surface area contributed by atoms with E-state index >= 15 is 0 Å². The van der Waals surface area contributed by atoms with Gasteiger partial charge in [-0.2, -0.15) is 0 Å². The first-order valence-electron chi connectivity index (χ1n) is 9.88. The summed E-state index contributed by atoms with van der Waals surface area (Å²) < 4.78 is 11.7. The maximum atomic E-state index is 12.9. The minimum Gasteiger partial charge on any atom is -0.492 e. The van der Waals surface area contributed by atoms with Crippen LogP contribution >= 0.6 is 0 Å². The van der Waals surface area contributed by atoms with Crippen molar-refractivity contribution >= 4 is 22.5 Å². The Kier molecular flexibility index (Phi) is 4.96. The molecule has 0 aliphatic heterocycles. The number of carbonyl (C=O) groups excluding carboxylic acids is 2. The maximum absolute atomic E-state index is 12.9. The molecule has 0 amide bonds. The molecule has 4 rings (SSSR count). The van der Waals surface area contributed by atoms with Crippen LogP contribution in [0.3, 0.4) is 0 Å². The van der Waals surface area contributed by atoms with E-state index in [1.807, 2.05) is 6.07 Å². The molecule has 6 nitrogen and oxygen atoms in total. The first-order chi connectivity index (χ1) is 13.9. The molecule has 0 bridgehead atoms. The second kappa shape index (κ2) is 7.44. The molecule has 1 aromatic carbocycles. The summed E-state index contributed by atoms with van der Waals surface area (Å²) in [7, 11) is 0. The monoisotopic (exact) mass is 392 g/mol. The highest BCUT2D eigenvalue weighted by Gasteiger charge is 2.36. The molecule has 0 spiro atoms. The van der Waals surface area contributed by atoms with Crippen molar-refractivity contribution in [3.63, 3.8) is 0 Å². The van der Waals surface area contributed by atoms with Gasteiger partial charge in [-0.25, -0.2) is 0 Å². The predicted octanol–water partition coefficient (Wildman–Crippen LogP) is 4.10. The fourth-order valence-corrected chi connectivity index (χ4v) is 3.95. The lowest BCUT2D eigenvalue weighted by atomic mass is 9.90. The fourth-order valence-electron chi connectivity index (χ4n) is 3.95. The summed E-state index contributed by atoms with van der Waals surface area (Å²) in [4.78, 5) is 32.1. The number of aromatic nitrogens is 1. The van der Waals surface area contributed by atoms with Gasteiger partial charge in [0.05, 0.1) is 11.1 Å². The minimum absolute atomic E-state index is 0.0548. The van der Waals surface area contributed by atoms with Crippen molar-refractivity contribution in [3.05, 3.63) is 59.1 Å². The lowest BCUT2D eigenvalue weighted by molar-refractivity contribution is 0.0958. The van der Waals surface area contributed by atoms with Crippen LogP contribution in [-0.2, 0) is 0 Å². The van der Waals surface area contributed by atoms with Gasteiger partial charge in [-0.1, -0.05) is 0 Å². The average Bonchev–Trinajstić information content (AvgIpc) is 3.08. The lowest BCUT2D eigenvalue weighted by Gasteiger charge is -2.30. The molecule has 1 aliphatic carbocycles. The number of hydrogen-bond acceptors (Lipinski definition) is 6. The first kappa shape index (κ1) is 19.3. The number of hydrogen-bond donors (Lipinski definition) is 0. The van der Waals surface area contributed by atoms with E-state index in [0.29, 0.717) is 46.5 Å². The van der Waals surface area contributed by atoms with Gasteiger partial charge < -0.3 is 9.15 Å². The molecule has 0 radical (unpaired) electrons. The number of ketones is 2. The molecule has 29 heavy (non-hydrogen) atoms. The number of rotatable bonds is 6. The Hall–Kier alpha value is -2.99. The van der Waals surface area contributed by atoms with Crippen LogP contribution in [0.4, 0.5) is 0 Å². The van der Waals surface area contributed by atoms with Gasteiger partial charge in [-0.05, 0) is 52.0 Å². The summed E-state index contributed by atoms with van der Waals surface area (Å²) in [6, 6.07) is 9.47. The molecule has 150 valence electrons. The van der Waals surface area contributed by atoms with E-state index in [2.05, 4.69) is 37.6 Å². The highest BCUT2D eigenvalue weighted by Crippen LogP contribution is 2.35. The highest BCUT2D eigenvalue weighted by molar-refractivity contribution is 6.30. The molecule has 0 saturated carbocycles. The van der Waals surface area contributed by atoms with Gasteiger partial charge in [0.2, 0.25) is 5.78 Å². The zero-order chi connectivity index (χ0) is 20.7. The van der Waals surface area contributed by atoms with E-state index in [9.17, 15) is 9.59 Å². The van der Waals surface area contributed by atoms with Crippen LogP contribution in [0, 0.1) is 0 Å². The molecule has 6 heteroatoms. The third-order valence-corrected chi connectivity index (χ3v) is 5.31. The van der Waals surface area contributed by atoms with Crippen molar-refractivity contribution in [1.29, 1.82) is 0 Å². The fraction of sp³-hybridized carbons (Fsp3) is 0.348. The van der Waals surface area contributed by atoms with Crippen LogP contribution in [-0.4, -0.2) is 46.7 Å². The van der Waals surface area contributed by atoms with Crippen molar-refractivity contribution in [2.45, 2.75) is 39.8 Å². The van der Waals surface area contributed by atoms with Gasteiger partial charge in [0.25, 0.3) is 0 Å². The second-order valence-corrected chi connectivity index (χ2v) is 7.80. The number of furan rings is 1. The maximum Gasteiger partial charge on any atom is 0.248 e. The summed E-state index contributed by atoms with van der Waals surface area (Å²) in [5, 5.41) is 0.617. The Labute approximate surface area is 169 Å². The minimum atomic E-state index is -0.363. The molecule has 2 heterocycles. The van der Waals surface area contributed by atoms with Gasteiger partial charge in [-0.3, -0.25) is 19.5 Å². The summed E-state index contributed by atoms with van der Waals surface area (Å²) in [5.41, 5.74) is 1.23. The smallest absolute Gasteiger partial charge is 0.248 e. The van der Waals surface area contributed by atoms with E-state index in [1.165, 1.54) is 6.20 Å². The molecule has 3 aromatic rings. The Bertz CT molecular complexity index is 1090. The topological polar surface area (TPSA) is 72.6 Å². The third-order valence-electron chi connectivity index (χ3n) is 5.31. The van der Waals surface area contributed by atoms with E-state index < -0.39 is 0 Å². The quantitative estimate of drug-likeness (QED) is 0.492. The summed E-state index contributed by atoms with van der Waals surface area (Å²) in [5.74, 6) is 0.101. The molecule has 0 N–H and O–H groups in total. The van der Waals surface area contributed by atoms with E-state index in [0.717, 1.165) is 6.54 Å². The number of nitrogens with zero attached hydrogens (tertiary/aromatic N) is 2. The second-order valence-electron chi connectivity index (χ2n) is 7.80. The molecule has 1 aliphatic rings. The number of ether oxygens (including phenoxy) is 1. The standard InChI is InChI=1S/C23H24N2O4/c1-13(2)25(14(3)4)10-11-28-15-7-8-16-18(12-15)29-23-19(16)21(26)17-6-5-9-24-20(17)22(23)27/h5-9,12-14H,10-11H2,1-4H3. The molecule has 0 fully saturated rings. The van der Waals surface area contributed by atoms with Gasteiger partial charge in [-0.15, -0.1) is 0 Å². The highest BCUT2D eigenvalue weighted by atomic mass is 16.5. The molecular formula is C23H24N2O4. The van der Waals surface area contributed by atoms with E-state index in [-0.39, 0.29) is 23.0 Å². The number of carbonyl (C=O) groups is 2. The van der Waals surface area contributed by atoms with Gasteiger partial charge >= 0.3 is 0 Å². The zero-order valence-electron chi connectivity index (χ0n) is 17.1. The average molecular weight is 392 g/mol. The van der Waals surface area contributed by atoms with E-state index in [1.54, 1.807) is 24.3 Å². The van der Waals surface area contributed by atoms with Crippen molar-refractivity contribution in [2.24, 2.45) is 0 Å². The van der Waals surface area contributed by atoms with Crippen molar-refractivity contribution in [1.82, 2.24) is 9.88 Å². The largest absolute Gasteiger partial charge is 0.492 e. The summed E-state index contributed by atoms with van der Waals surface area (Å²) in [6.07, 6.45) is 1.50. The van der Waals surface area contributed by atoms with Crippen LogP contribution in [0.2, 0.25) is 0 Å². The lowest BCUT2D eigenvalue weighted by Crippen LogP contribution is -2.39.